The van der Waals surface area contributed by atoms with Crippen LogP contribution in [0, 0.1) is 4.51 Å². The maximum absolute atomic E-state index is 13.0. The van der Waals surface area contributed by atoms with Gasteiger partial charge in [-0.1, -0.05) is 12.2 Å². The van der Waals surface area contributed by atoms with Crippen LogP contribution in [0.3, 0.4) is 0 Å². The first-order valence-corrected chi connectivity index (χ1v) is 6.37. The first kappa shape index (κ1) is 19.0. The van der Waals surface area contributed by atoms with Gasteiger partial charge in [-0.3, -0.25) is 0 Å². The smallest absolute Gasteiger partial charge is 0.432 e. The maximum atomic E-state index is 13.0. The molecule has 1 aromatic rings. The van der Waals surface area contributed by atoms with E-state index in [1.165, 1.54) is 11.9 Å². The van der Waals surface area contributed by atoms with Crippen molar-refractivity contribution in [1.29, 1.82) is 0 Å². The first-order chi connectivity index (χ1) is 10.6. The Morgan fingerprint density at radius 3 is 2.17 bits per heavy atom. The van der Waals surface area contributed by atoms with E-state index in [4.69, 9.17) is 0 Å². The fraction of sp³-hybridized carbons (Fsp3) is 0.417. The number of halogens is 5. The molecular weight excluding hydrogens is 349 g/mol. The summed E-state index contributed by atoms with van der Waals surface area (Å²) in [4.78, 5) is 24.7. The molecule has 0 saturated carbocycles. The van der Waals surface area contributed by atoms with E-state index in [1.54, 1.807) is 0 Å². The van der Waals surface area contributed by atoms with Crippen molar-refractivity contribution in [3.8, 4) is 0 Å². The number of H-pyrrole nitrogens is 1. The predicted molar refractivity (Wildman–Crippen MR) is 68.9 cm³/mol. The number of aromatic amines is 1. The lowest BCUT2D eigenvalue weighted by atomic mass is 10.1. The van der Waals surface area contributed by atoms with Gasteiger partial charge < -0.3 is 14.5 Å². The molecule has 0 bridgehead atoms. The quantitative estimate of drug-likeness (QED) is 0.505. The highest BCUT2D eigenvalue weighted by atomic mass is 32.1. The second-order valence-corrected chi connectivity index (χ2v) is 4.41. The molecule has 5 nitrogen and oxygen atoms in total. The van der Waals surface area contributed by atoms with Gasteiger partial charge in [-0.2, -0.15) is 13.2 Å². The Hall–Kier alpha value is -2.04. The van der Waals surface area contributed by atoms with Gasteiger partial charge in [0.15, 0.2) is 0 Å². The molecule has 128 valence electrons. The zero-order valence-electron chi connectivity index (χ0n) is 11.7. The van der Waals surface area contributed by atoms with Crippen molar-refractivity contribution in [1.82, 2.24) is 4.98 Å². The number of pyridine rings is 1. The number of rotatable bonds is 4. The summed E-state index contributed by atoms with van der Waals surface area (Å²) in [6, 6.07) is 0. The molecule has 23 heavy (non-hydrogen) atoms. The minimum Gasteiger partial charge on any atom is -0.465 e. The summed E-state index contributed by atoms with van der Waals surface area (Å²) in [6.45, 7) is 1.04. The molecule has 1 aromatic heterocycles. The van der Waals surface area contributed by atoms with Gasteiger partial charge in [0.25, 0.3) is 6.43 Å². The van der Waals surface area contributed by atoms with E-state index in [1.807, 2.05) is 0 Å². The van der Waals surface area contributed by atoms with E-state index < -0.39 is 51.6 Å². The molecule has 1 N–H and O–H groups in total. The third-order valence-corrected chi connectivity index (χ3v) is 3.01. The number of aromatic nitrogens is 1. The molecule has 1 rings (SSSR count). The van der Waals surface area contributed by atoms with Gasteiger partial charge in [-0.15, -0.1) is 0 Å². The molecule has 0 atom stereocenters. The highest BCUT2D eigenvalue weighted by Gasteiger charge is 2.40. The number of carbonyl (C=O) groups excluding carboxylic acids is 2. The molecule has 0 spiro atoms. The number of alkyl halides is 5. The summed E-state index contributed by atoms with van der Waals surface area (Å²) in [5.41, 5.74) is -5.45. The number of hydrogen-bond acceptors (Lipinski definition) is 5. The SMILES string of the molecule is CCOC(=O)c1c(C(F)(F)F)[nH]c(C(F)F)c(C(=O)OC)c1=S. The number of methoxy groups -OCH3 is 1. The van der Waals surface area contributed by atoms with Crippen molar-refractivity contribution in [2.24, 2.45) is 0 Å². The molecular formula is C12H10F5NO4S. The van der Waals surface area contributed by atoms with Crippen molar-refractivity contribution < 1.29 is 41.0 Å². The Morgan fingerprint density at radius 1 is 1.22 bits per heavy atom. The normalized spacial score (nSPS) is 11.5. The van der Waals surface area contributed by atoms with Gasteiger partial charge >= 0.3 is 18.1 Å². The Labute approximate surface area is 131 Å². The average molecular weight is 359 g/mol. The van der Waals surface area contributed by atoms with E-state index in [-0.39, 0.29) is 6.61 Å². The van der Waals surface area contributed by atoms with Crippen molar-refractivity contribution in [2.45, 2.75) is 19.5 Å². The summed E-state index contributed by atoms with van der Waals surface area (Å²) < 4.78 is 72.8. The van der Waals surface area contributed by atoms with Gasteiger partial charge in [-0.05, 0) is 6.92 Å². The molecule has 0 aromatic carbocycles. The van der Waals surface area contributed by atoms with Crippen LogP contribution in [0.25, 0.3) is 0 Å². The highest BCUT2D eigenvalue weighted by molar-refractivity contribution is 7.71. The summed E-state index contributed by atoms with van der Waals surface area (Å²) >= 11 is 4.63. The van der Waals surface area contributed by atoms with Gasteiger partial charge in [0, 0.05) is 0 Å². The van der Waals surface area contributed by atoms with Gasteiger partial charge in [0.2, 0.25) is 0 Å². The van der Waals surface area contributed by atoms with E-state index in [2.05, 4.69) is 21.7 Å². The number of esters is 2. The topological polar surface area (TPSA) is 68.4 Å². The van der Waals surface area contributed by atoms with Gasteiger partial charge in [-0.25, -0.2) is 18.4 Å². The van der Waals surface area contributed by atoms with Crippen LogP contribution in [-0.2, 0) is 15.7 Å². The van der Waals surface area contributed by atoms with Crippen LogP contribution in [0.5, 0.6) is 0 Å². The van der Waals surface area contributed by atoms with Crippen LogP contribution < -0.4 is 0 Å². The van der Waals surface area contributed by atoms with Gasteiger partial charge in [0.1, 0.15) is 16.8 Å². The minimum absolute atomic E-state index is 0.283. The van der Waals surface area contributed by atoms with Crippen molar-refractivity contribution in [2.75, 3.05) is 13.7 Å². The van der Waals surface area contributed by atoms with Crippen molar-refractivity contribution in [3.63, 3.8) is 0 Å². The molecule has 0 saturated heterocycles. The second-order valence-electron chi connectivity index (χ2n) is 4.00. The highest BCUT2D eigenvalue weighted by Crippen LogP contribution is 2.35. The van der Waals surface area contributed by atoms with Crippen LogP contribution in [0.15, 0.2) is 0 Å². The lowest BCUT2D eigenvalue weighted by molar-refractivity contribution is -0.142. The predicted octanol–water partition coefficient (Wildman–Crippen LogP) is 3.66. The minimum atomic E-state index is -5.20. The van der Waals surface area contributed by atoms with E-state index >= 15 is 0 Å². The Bertz CT molecular complexity index is 683. The van der Waals surface area contributed by atoms with Crippen LogP contribution in [0.4, 0.5) is 22.0 Å². The van der Waals surface area contributed by atoms with Crippen molar-refractivity contribution >= 4 is 24.2 Å². The lowest BCUT2D eigenvalue weighted by Crippen LogP contribution is -2.22. The first-order valence-electron chi connectivity index (χ1n) is 5.97. The molecule has 11 heteroatoms. The van der Waals surface area contributed by atoms with Crippen molar-refractivity contribution in [3.05, 3.63) is 27.0 Å². The Balaban J connectivity index is 3.89. The Morgan fingerprint density at radius 2 is 1.78 bits per heavy atom. The fourth-order valence-electron chi connectivity index (χ4n) is 1.70. The largest absolute Gasteiger partial charge is 0.465 e. The molecule has 0 fully saturated rings. The fourth-order valence-corrected chi connectivity index (χ4v) is 2.08. The maximum Gasteiger partial charge on any atom is 0.432 e. The second kappa shape index (κ2) is 7.02. The van der Waals surface area contributed by atoms with E-state index in [0.29, 0.717) is 0 Å². The zero-order valence-corrected chi connectivity index (χ0v) is 12.5. The third-order valence-electron chi connectivity index (χ3n) is 2.60. The molecule has 1 heterocycles. The van der Waals surface area contributed by atoms with Gasteiger partial charge in [0.05, 0.1) is 23.9 Å². The van der Waals surface area contributed by atoms with Crippen LogP contribution in [-0.4, -0.2) is 30.6 Å². The van der Waals surface area contributed by atoms with E-state index in [0.717, 1.165) is 7.11 Å². The Kier molecular flexibility index (Phi) is 5.81. The molecule has 0 radical (unpaired) electrons. The zero-order chi connectivity index (χ0) is 17.9. The molecule has 0 amide bonds. The summed E-state index contributed by atoms with van der Waals surface area (Å²) in [7, 11) is 0.827. The monoisotopic (exact) mass is 359 g/mol. The van der Waals surface area contributed by atoms with Crippen LogP contribution in [0.2, 0.25) is 0 Å². The lowest BCUT2D eigenvalue weighted by Gasteiger charge is -2.17. The molecule has 0 aliphatic rings. The number of carbonyl (C=O) groups is 2. The number of hydrogen-bond donors (Lipinski definition) is 1. The summed E-state index contributed by atoms with van der Waals surface area (Å²) in [5, 5.41) is 0. The molecule has 0 unspecified atom stereocenters. The number of ether oxygens (including phenoxy) is 2. The third kappa shape index (κ3) is 3.84. The van der Waals surface area contributed by atoms with E-state index in [9.17, 15) is 31.5 Å². The summed E-state index contributed by atoms with van der Waals surface area (Å²) in [6.07, 6.45) is -8.68. The average Bonchev–Trinajstić information content (AvgIpc) is 2.44. The number of nitrogens with one attached hydrogen (secondary N) is 1. The molecule has 0 aliphatic heterocycles. The van der Waals surface area contributed by atoms with Crippen LogP contribution >= 0.6 is 12.2 Å². The standard InChI is InChI=1S/C12H10F5NO4S/c1-3-22-11(20)5-7(23)4(10(19)21-2)6(9(13)14)18-8(5)12(15,16)17/h9H,3H2,1-2H3,(H,18,23). The summed E-state index contributed by atoms with van der Waals surface area (Å²) in [5.74, 6) is -2.90. The van der Waals surface area contributed by atoms with Crippen LogP contribution in [0.1, 0.15) is 45.5 Å². The molecule has 0 aliphatic carbocycles.